The van der Waals surface area contributed by atoms with E-state index in [1.54, 1.807) is 13.2 Å². The molecule has 0 saturated carbocycles. The third-order valence-electron chi connectivity index (χ3n) is 6.89. The van der Waals surface area contributed by atoms with E-state index in [1.807, 2.05) is 6.07 Å². The average Bonchev–Trinajstić information content (AvgIpc) is 2.77. The summed E-state index contributed by atoms with van der Waals surface area (Å²) in [6.07, 6.45) is 7.29. The highest BCUT2D eigenvalue weighted by Gasteiger charge is 2.65. The minimum atomic E-state index is -1.51. The van der Waals surface area contributed by atoms with E-state index in [2.05, 4.69) is 18.2 Å². The Labute approximate surface area is 170 Å². The smallest absolute Gasteiger partial charge is 0.316 e. The second-order valence-corrected chi connectivity index (χ2v) is 7.76. The van der Waals surface area contributed by atoms with Gasteiger partial charge in [-0.05, 0) is 54.2 Å². The van der Waals surface area contributed by atoms with Crippen molar-refractivity contribution in [2.24, 2.45) is 17.3 Å². The molecule has 3 atom stereocenters. The van der Waals surface area contributed by atoms with Crippen molar-refractivity contribution in [3.8, 4) is 5.75 Å². The number of allylic oxidation sites excluding steroid dienone is 2. The van der Waals surface area contributed by atoms with Gasteiger partial charge in [0, 0.05) is 26.1 Å². The molecule has 1 aromatic carbocycles. The maximum atomic E-state index is 13.3. The summed E-state index contributed by atoms with van der Waals surface area (Å²) in [6.45, 7) is 0. The van der Waals surface area contributed by atoms with Crippen molar-refractivity contribution in [3.05, 3.63) is 47.6 Å². The van der Waals surface area contributed by atoms with Gasteiger partial charge in [-0.2, -0.15) is 0 Å². The number of fused-ring (bicyclic) bond motifs is 5. The van der Waals surface area contributed by atoms with Gasteiger partial charge in [0.25, 0.3) is 0 Å². The highest BCUT2D eigenvalue weighted by molar-refractivity contribution is 6.01. The molecular formula is C23H26O6. The minimum Gasteiger partial charge on any atom is -0.497 e. The summed E-state index contributed by atoms with van der Waals surface area (Å²) in [4.78, 5) is 26.1. The van der Waals surface area contributed by atoms with E-state index in [0.29, 0.717) is 6.42 Å². The number of rotatable bonds is 4. The molecule has 0 fully saturated rings. The van der Waals surface area contributed by atoms with Crippen LogP contribution in [0.15, 0.2) is 36.4 Å². The lowest BCUT2D eigenvalue weighted by molar-refractivity contribution is -0.249. The van der Waals surface area contributed by atoms with Gasteiger partial charge in [0.2, 0.25) is 11.6 Å². The maximum Gasteiger partial charge on any atom is 0.316 e. The second-order valence-electron chi connectivity index (χ2n) is 7.76. The van der Waals surface area contributed by atoms with Crippen LogP contribution in [0.3, 0.4) is 0 Å². The number of esters is 1. The van der Waals surface area contributed by atoms with E-state index in [4.69, 9.17) is 18.9 Å². The van der Waals surface area contributed by atoms with Gasteiger partial charge in [-0.25, -0.2) is 0 Å². The Morgan fingerprint density at radius 2 is 1.90 bits per heavy atom. The standard InChI is InChI=1S/C23H26O6/c1-26-15-6-7-16-14(13-15)5-9-18-17(16)8-10-19-22(18,21(25)27-2)12-11-20(24)23(19,28-3)29-4/h6-8,11-13,18-19H,5,9-10H2,1-4H3/t18-,19+,22+/m1/s1. The Morgan fingerprint density at radius 1 is 1.14 bits per heavy atom. The number of hydrogen-bond acceptors (Lipinski definition) is 6. The van der Waals surface area contributed by atoms with E-state index in [9.17, 15) is 9.59 Å². The predicted molar refractivity (Wildman–Crippen MR) is 106 cm³/mol. The molecule has 154 valence electrons. The molecule has 0 radical (unpaired) electrons. The zero-order valence-corrected chi connectivity index (χ0v) is 17.2. The second kappa shape index (κ2) is 7.11. The molecule has 0 aliphatic heterocycles. The number of benzene rings is 1. The molecule has 6 heteroatoms. The first-order chi connectivity index (χ1) is 14.0. The molecule has 0 bridgehead atoms. The Hall–Kier alpha value is -2.44. The molecule has 0 heterocycles. The summed E-state index contributed by atoms with van der Waals surface area (Å²) in [5.74, 6) is -1.99. The normalized spacial score (nSPS) is 29.2. The third-order valence-corrected chi connectivity index (χ3v) is 6.89. The predicted octanol–water partition coefficient (Wildman–Crippen LogP) is 2.95. The molecular weight excluding hydrogens is 372 g/mol. The summed E-state index contributed by atoms with van der Waals surface area (Å²) in [7, 11) is 5.94. The fourth-order valence-electron chi connectivity index (χ4n) is 5.56. The van der Waals surface area contributed by atoms with Crippen LogP contribution in [-0.2, 0) is 30.2 Å². The first kappa shape index (κ1) is 19.9. The lowest BCUT2D eigenvalue weighted by Crippen LogP contribution is -2.63. The largest absolute Gasteiger partial charge is 0.497 e. The molecule has 4 rings (SSSR count). The van der Waals surface area contributed by atoms with Crippen molar-refractivity contribution in [1.29, 1.82) is 0 Å². The lowest BCUT2D eigenvalue weighted by atomic mass is 9.52. The lowest BCUT2D eigenvalue weighted by Gasteiger charge is -2.54. The molecule has 0 unspecified atom stereocenters. The third kappa shape index (κ3) is 2.55. The Balaban J connectivity index is 1.91. The number of carbonyl (C=O) groups is 2. The summed E-state index contributed by atoms with van der Waals surface area (Å²) in [5, 5.41) is 0. The van der Waals surface area contributed by atoms with Gasteiger partial charge in [-0.1, -0.05) is 18.2 Å². The molecule has 0 N–H and O–H groups in total. The van der Waals surface area contributed by atoms with Gasteiger partial charge < -0.3 is 18.9 Å². The molecule has 0 spiro atoms. The van der Waals surface area contributed by atoms with Crippen LogP contribution in [0.1, 0.15) is 24.0 Å². The fraction of sp³-hybridized carbons (Fsp3) is 0.478. The molecule has 1 aromatic rings. The van der Waals surface area contributed by atoms with Crippen molar-refractivity contribution in [2.45, 2.75) is 25.0 Å². The fourth-order valence-corrected chi connectivity index (χ4v) is 5.56. The highest BCUT2D eigenvalue weighted by Crippen LogP contribution is 2.59. The van der Waals surface area contributed by atoms with Crippen LogP contribution in [0.5, 0.6) is 5.75 Å². The van der Waals surface area contributed by atoms with Crippen molar-refractivity contribution >= 4 is 17.3 Å². The summed E-state index contributed by atoms with van der Waals surface area (Å²) >= 11 is 0. The number of carbonyl (C=O) groups excluding carboxylic acids is 2. The number of aryl methyl sites for hydroxylation is 1. The molecule has 3 aliphatic carbocycles. The van der Waals surface area contributed by atoms with E-state index in [-0.39, 0.29) is 17.7 Å². The van der Waals surface area contributed by atoms with Crippen LogP contribution in [0.25, 0.3) is 5.57 Å². The zero-order valence-electron chi connectivity index (χ0n) is 17.2. The van der Waals surface area contributed by atoms with E-state index >= 15 is 0 Å². The number of ketones is 1. The first-order valence-corrected chi connectivity index (χ1v) is 9.78. The van der Waals surface area contributed by atoms with Crippen LogP contribution in [-0.4, -0.2) is 46.0 Å². The monoisotopic (exact) mass is 398 g/mol. The average molecular weight is 398 g/mol. The van der Waals surface area contributed by atoms with Crippen molar-refractivity contribution in [3.63, 3.8) is 0 Å². The number of ether oxygens (including phenoxy) is 4. The molecule has 6 nitrogen and oxygen atoms in total. The van der Waals surface area contributed by atoms with E-state index in [0.717, 1.165) is 29.7 Å². The van der Waals surface area contributed by atoms with Crippen molar-refractivity contribution in [2.75, 3.05) is 28.4 Å². The van der Waals surface area contributed by atoms with Gasteiger partial charge in [0.05, 0.1) is 14.2 Å². The Bertz CT molecular complexity index is 910. The summed E-state index contributed by atoms with van der Waals surface area (Å²) < 4.78 is 21.9. The van der Waals surface area contributed by atoms with Crippen LogP contribution in [0, 0.1) is 17.3 Å². The molecule has 29 heavy (non-hydrogen) atoms. The maximum absolute atomic E-state index is 13.3. The van der Waals surface area contributed by atoms with Crippen LogP contribution in [0.4, 0.5) is 0 Å². The van der Waals surface area contributed by atoms with Crippen LogP contribution >= 0.6 is 0 Å². The van der Waals surface area contributed by atoms with Gasteiger partial charge in [0.1, 0.15) is 11.2 Å². The van der Waals surface area contributed by atoms with Crippen LogP contribution < -0.4 is 4.74 Å². The molecule has 0 aromatic heterocycles. The summed E-state index contributed by atoms with van der Waals surface area (Å²) in [6, 6.07) is 6.04. The first-order valence-electron chi connectivity index (χ1n) is 9.78. The van der Waals surface area contributed by atoms with Crippen molar-refractivity contribution in [1.82, 2.24) is 0 Å². The summed E-state index contributed by atoms with van der Waals surface area (Å²) in [5.41, 5.74) is 2.40. The molecule has 0 amide bonds. The van der Waals surface area contributed by atoms with E-state index in [1.165, 1.54) is 33.0 Å². The quantitative estimate of drug-likeness (QED) is 0.574. The number of hydrogen-bond donors (Lipinski definition) is 0. The van der Waals surface area contributed by atoms with E-state index < -0.39 is 17.1 Å². The van der Waals surface area contributed by atoms with Gasteiger partial charge in [0.15, 0.2) is 0 Å². The SMILES string of the molecule is COC(=O)[C@]12C=CC(=O)C(OC)(OC)[C@H]1CC=C1c3ccc(OC)cc3CC[C@H]12. The van der Waals surface area contributed by atoms with Gasteiger partial charge in [-0.3, -0.25) is 9.59 Å². The van der Waals surface area contributed by atoms with Crippen molar-refractivity contribution < 1.29 is 28.5 Å². The minimum absolute atomic E-state index is 0.136. The van der Waals surface area contributed by atoms with Gasteiger partial charge >= 0.3 is 5.97 Å². The Morgan fingerprint density at radius 3 is 2.55 bits per heavy atom. The highest BCUT2D eigenvalue weighted by atomic mass is 16.7. The zero-order chi connectivity index (χ0) is 20.8. The Kier molecular flexibility index (Phi) is 4.87. The number of methoxy groups -OCH3 is 4. The molecule has 0 saturated heterocycles. The van der Waals surface area contributed by atoms with Gasteiger partial charge in [-0.15, -0.1) is 0 Å². The van der Waals surface area contributed by atoms with Crippen LogP contribution in [0.2, 0.25) is 0 Å². The molecule has 3 aliphatic rings. The topological polar surface area (TPSA) is 71.1 Å².